The molecule has 0 amide bonds. The zero-order valence-electron chi connectivity index (χ0n) is 23.7. The maximum Gasteiger partial charge on any atom is 2.00 e. The average Bonchev–Trinajstić information content (AvgIpc) is 2.80. The van der Waals surface area contributed by atoms with Crippen LogP contribution in [0.2, 0.25) is 0 Å². The van der Waals surface area contributed by atoms with E-state index in [-0.39, 0.29) is 50.6 Å². The van der Waals surface area contributed by atoms with Crippen molar-refractivity contribution in [2.75, 3.05) is 0 Å². The van der Waals surface area contributed by atoms with Gasteiger partial charge in [0.15, 0.2) is 0 Å². The summed E-state index contributed by atoms with van der Waals surface area (Å²) in [5.74, 6) is -1.81. The van der Waals surface area contributed by atoms with Crippen LogP contribution >= 0.6 is 0 Å². The van der Waals surface area contributed by atoms with Crippen molar-refractivity contribution < 1.29 is 19.8 Å². The van der Waals surface area contributed by atoms with E-state index in [1.165, 1.54) is 128 Å². The Morgan fingerprint density at radius 3 is 0.714 bits per heavy atom. The molecule has 5 heteroatoms. The van der Waals surface area contributed by atoms with Crippen molar-refractivity contribution in [2.24, 2.45) is 0 Å². The number of unbranched alkanes of at least 4 members (excludes halogenated alkanes) is 22. The summed E-state index contributed by atoms with van der Waals surface area (Å²) in [5.41, 5.74) is 0. The Morgan fingerprint density at radius 2 is 0.543 bits per heavy atom. The van der Waals surface area contributed by atoms with Crippen molar-refractivity contribution in [3.8, 4) is 0 Å². The Kier molecular flexibility index (Phi) is 41.2. The van der Waals surface area contributed by atoms with Crippen LogP contribution in [0.5, 0.6) is 0 Å². The molecule has 0 aliphatic heterocycles. The maximum atomic E-state index is 10.2. The van der Waals surface area contributed by atoms with Crippen LogP contribution in [0.15, 0.2) is 0 Å². The Bertz CT molecular complexity index is 415. The van der Waals surface area contributed by atoms with Gasteiger partial charge < -0.3 is 19.8 Å². The van der Waals surface area contributed by atoms with Crippen LogP contribution in [0.1, 0.15) is 181 Å². The van der Waals surface area contributed by atoms with Crippen LogP contribution in [-0.2, 0) is 9.59 Å². The molecule has 35 heavy (non-hydrogen) atoms. The van der Waals surface area contributed by atoms with Crippen LogP contribution in [0, 0.1) is 0 Å². The van der Waals surface area contributed by atoms with Gasteiger partial charge in [0.2, 0.25) is 0 Å². The van der Waals surface area contributed by atoms with E-state index in [1.54, 1.807) is 0 Å². The van der Waals surface area contributed by atoms with E-state index in [2.05, 4.69) is 13.8 Å². The summed E-state index contributed by atoms with van der Waals surface area (Å²) >= 11 is 0. The number of carbonyl (C=O) groups excluding carboxylic acids is 2. The average molecular weight is 523 g/mol. The Morgan fingerprint density at radius 1 is 0.371 bits per heavy atom. The van der Waals surface area contributed by atoms with Gasteiger partial charge >= 0.3 is 37.7 Å². The molecule has 0 spiro atoms. The number of rotatable bonds is 26. The van der Waals surface area contributed by atoms with Crippen molar-refractivity contribution in [1.82, 2.24) is 0 Å². The van der Waals surface area contributed by atoms with Gasteiger partial charge in [-0.05, 0) is 25.7 Å². The van der Waals surface area contributed by atoms with Gasteiger partial charge in [-0.2, -0.15) is 0 Å². The molecule has 0 unspecified atom stereocenters. The molecule has 0 saturated carbocycles. The van der Waals surface area contributed by atoms with Crippen LogP contribution in [0.4, 0.5) is 0 Å². The molecule has 0 radical (unpaired) electrons. The largest absolute Gasteiger partial charge is 2.00 e. The fraction of sp³-hybridized carbons (Fsp3) is 0.933. The summed E-state index contributed by atoms with van der Waals surface area (Å²) in [6.45, 7) is 4.49. The van der Waals surface area contributed by atoms with Gasteiger partial charge in [-0.15, -0.1) is 0 Å². The molecule has 204 valence electrons. The number of carboxylic acids is 2. The molecule has 0 heterocycles. The molecule has 0 aromatic heterocycles. The van der Waals surface area contributed by atoms with Gasteiger partial charge in [-0.1, -0.05) is 155 Å². The van der Waals surface area contributed by atoms with Crippen molar-refractivity contribution in [3.63, 3.8) is 0 Å². The fourth-order valence-electron chi connectivity index (χ4n) is 4.22. The number of aliphatic carboxylic acids is 2. The molecule has 0 atom stereocenters. The first-order valence-electron chi connectivity index (χ1n) is 14.9. The van der Waals surface area contributed by atoms with Crippen LogP contribution in [0.3, 0.4) is 0 Å². The van der Waals surface area contributed by atoms with Gasteiger partial charge in [0.1, 0.15) is 0 Å². The first-order valence-corrected chi connectivity index (χ1v) is 14.9. The first kappa shape index (κ1) is 39.7. The Balaban J connectivity index is -0.000000603. The van der Waals surface area contributed by atoms with Crippen molar-refractivity contribution in [1.29, 1.82) is 0 Å². The van der Waals surface area contributed by atoms with Crippen LogP contribution in [-0.4, -0.2) is 49.7 Å². The summed E-state index contributed by atoms with van der Waals surface area (Å²) in [7, 11) is 0. The number of carboxylic acid groups (broad SMARTS) is 2. The summed E-state index contributed by atoms with van der Waals surface area (Å²) in [5, 5.41) is 20.3. The van der Waals surface area contributed by atoms with E-state index in [9.17, 15) is 19.8 Å². The van der Waals surface area contributed by atoms with E-state index in [0.717, 1.165) is 25.7 Å². The zero-order chi connectivity index (χ0) is 25.5. The minimum absolute atomic E-state index is 0. The van der Waals surface area contributed by atoms with Crippen LogP contribution in [0.25, 0.3) is 0 Å². The summed E-state index contributed by atoms with van der Waals surface area (Å²) in [6, 6.07) is 0. The third-order valence-corrected chi connectivity index (χ3v) is 6.47. The fourth-order valence-corrected chi connectivity index (χ4v) is 4.22. The van der Waals surface area contributed by atoms with E-state index >= 15 is 0 Å². The van der Waals surface area contributed by atoms with Gasteiger partial charge in [0.25, 0.3) is 0 Å². The second-order valence-electron chi connectivity index (χ2n) is 10.0. The standard InChI is InChI=1S/C18H36O2.C12H24O2.Ca/c1-2-3-4-5-6-7-8-9-10-11-12-13-14-15-16-17-18(19)20;1-2-3-4-5-6-7-8-9-10-11-12(13)14;/h2-17H2,1H3,(H,19,20);2-11H2,1H3,(H,13,14);/q;;+2/p-2. The number of carbonyl (C=O) groups is 2. The minimum atomic E-state index is -0.909. The van der Waals surface area contributed by atoms with Crippen molar-refractivity contribution in [2.45, 2.75) is 181 Å². The molecule has 0 bridgehead atoms. The van der Waals surface area contributed by atoms with E-state index in [1.807, 2.05) is 0 Å². The SMILES string of the molecule is CCCCCCCCCCCC(=O)[O-].CCCCCCCCCCCCCCCCCC(=O)[O-].[Ca+2]. The monoisotopic (exact) mass is 522 g/mol. The predicted molar refractivity (Wildman–Crippen MR) is 147 cm³/mol. The van der Waals surface area contributed by atoms with Gasteiger partial charge in [-0.25, -0.2) is 0 Å². The molecule has 0 aromatic carbocycles. The second kappa shape index (κ2) is 36.4. The van der Waals surface area contributed by atoms with Gasteiger partial charge in [0, 0.05) is 11.9 Å². The van der Waals surface area contributed by atoms with Crippen LogP contribution < -0.4 is 10.2 Å². The topological polar surface area (TPSA) is 80.3 Å². The maximum absolute atomic E-state index is 10.2. The number of hydrogen-bond donors (Lipinski definition) is 0. The predicted octanol–water partition coefficient (Wildman–Crippen LogP) is 7.27. The number of hydrogen-bond acceptors (Lipinski definition) is 4. The minimum Gasteiger partial charge on any atom is -0.550 e. The summed E-state index contributed by atoms with van der Waals surface area (Å²) in [6.07, 6.45) is 31.0. The molecule has 0 saturated heterocycles. The van der Waals surface area contributed by atoms with Crippen molar-refractivity contribution >= 4 is 49.7 Å². The van der Waals surface area contributed by atoms with Gasteiger partial charge in [0.05, 0.1) is 0 Å². The molecule has 0 aliphatic carbocycles. The zero-order valence-corrected chi connectivity index (χ0v) is 25.9. The summed E-state index contributed by atoms with van der Waals surface area (Å²) in [4.78, 5) is 20.3. The Labute approximate surface area is 248 Å². The smallest absolute Gasteiger partial charge is 0.550 e. The normalized spacial score (nSPS) is 10.3. The molecule has 0 fully saturated rings. The van der Waals surface area contributed by atoms with E-state index < -0.39 is 11.9 Å². The molecule has 0 rings (SSSR count). The Hall–Kier alpha value is 0.200. The molecule has 0 aromatic rings. The molecule has 4 nitrogen and oxygen atoms in total. The molecule has 0 N–H and O–H groups in total. The van der Waals surface area contributed by atoms with E-state index in [0.29, 0.717) is 0 Å². The molecular formula is C30H58CaO4. The quantitative estimate of drug-likeness (QED) is 0.0883. The second-order valence-corrected chi connectivity index (χ2v) is 10.0. The molecular weight excluding hydrogens is 464 g/mol. The third kappa shape index (κ3) is 44.6. The first-order chi connectivity index (χ1) is 16.5. The van der Waals surface area contributed by atoms with E-state index in [4.69, 9.17) is 0 Å². The summed E-state index contributed by atoms with van der Waals surface area (Å²) < 4.78 is 0. The van der Waals surface area contributed by atoms with Gasteiger partial charge in [-0.3, -0.25) is 0 Å². The third-order valence-electron chi connectivity index (χ3n) is 6.47. The van der Waals surface area contributed by atoms with Crippen molar-refractivity contribution in [3.05, 3.63) is 0 Å². The molecule has 0 aliphatic rings.